The van der Waals surface area contributed by atoms with E-state index in [1.807, 2.05) is 51.1 Å². The molecule has 2 aromatic carbocycles. The number of benzene rings is 2. The van der Waals surface area contributed by atoms with Crippen LogP contribution in [0.5, 0.6) is 11.5 Å². The number of aliphatic carboxylic acids is 1. The van der Waals surface area contributed by atoms with Gasteiger partial charge in [0.2, 0.25) is 12.7 Å². The number of nitrogens with one attached hydrogen (secondary N) is 1. The summed E-state index contributed by atoms with van der Waals surface area (Å²) in [4.78, 5) is 39.0. The van der Waals surface area contributed by atoms with Gasteiger partial charge in [0, 0.05) is 18.2 Å². The molecule has 0 saturated carbocycles. The van der Waals surface area contributed by atoms with E-state index in [-0.39, 0.29) is 18.8 Å². The number of carbonyl (C=O) groups is 2. The van der Waals surface area contributed by atoms with Crippen LogP contribution < -0.4 is 20.3 Å². The van der Waals surface area contributed by atoms with Crippen LogP contribution in [0.25, 0.3) is 0 Å². The Morgan fingerprint density at radius 2 is 1.76 bits per heavy atom. The summed E-state index contributed by atoms with van der Waals surface area (Å²) >= 11 is 0. The first-order valence-electron chi connectivity index (χ1n) is 12.9. The molecule has 2 heterocycles. The predicted molar refractivity (Wildman–Crippen MR) is 144 cm³/mol. The Balaban J connectivity index is 1.65. The summed E-state index contributed by atoms with van der Waals surface area (Å²) in [6.07, 6.45) is 3.90. The summed E-state index contributed by atoms with van der Waals surface area (Å²) in [7, 11) is 0. The summed E-state index contributed by atoms with van der Waals surface area (Å²) in [6, 6.07) is 13.4. The first-order chi connectivity index (χ1) is 18.2. The van der Waals surface area contributed by atoms with Crippen LogP contribution in [0, 0.1) is 13.8 Å². The van der Waals surface area contributed by atoms with Crippen molar-refractivity contribution in [2.24, 2.45) is 0 Å². The Morgan fingerprint density at radius 1 is 1.03 bits per heavy atom. The molecule has 0 spiro atoms. The minimum atomic E-state index is -1.05. The van der Waals surface area contributed by atoms with Gasteiger partial charge in [0.1, 0.15) is 6.04 Å². The van der Waals surface area contributed by atoms with Crippen LogP contribution >= 0.6 is 0 Å². The molecule has 1 aliphatic heterocycles. The van der Waals surface area contributed by atoms with Crippen molar-refractivity contribution < 1.29 is 24.2 Å². The Kier molecular flexibility index (Phi) is 8.51. The van der Waals surface area contributed by atoms with Crippen LogP contribution in [0.2, 0.25) is 0 Å². The number of ether oxygens (including phenoxy) is 2. The van der Waals surface area contributed by atoms with E-state index < -0.39 is 24.0 Å². The van der Waals surface area contributed by atoms with Crippen LogP contribution in [0.15, 0.2) is 59.5 Å². The maximum atomic E-state index is 13.7. The highest BCUT2D eigenvalue weighted by atomic mass is 16.7. The summed E-state index contributed by atoms with van der Waals surface area (Å²) in [5.41, 5.74) is 4.02. The van der Waals surface area contributed by atoms with Crippen LogP contribution in [-0.4, -0.2) is 28.3 Å². The lowest BCUT2D eigenvalue weighted by molar-refractivity contribution is -0.138. The zero-order chi connectivity index (χ0) is 27.2. The molecule has 1 aliphatic rings. The van der Waals surface area contributed by atoms with Gasteiger partial charge in [0.25, 0.3) is 5.56 Å². The number of carbonyl (C=O) groups excluding carboxylic acids is 1. The average molecular weight is 519 g/mol. The lowest BCUT2D eigenvalue weighted by atomic mass is 10.0. The lowest BCUT2D eigenvalue weighted by Crippen LogP contribution is -2.40. The van der Waals surface area contributed by atoms with Crippen molar-refractivity contribution in [2.75, 3.05) is 6.79 Å². The molecule has 2 atom stereocenters. The van der Waals surface area contributed by atoms with Crippen LogP contribution in [0.1, 0.15) is 72.5 Å². The van der Waals surface area contributed by atoms with Gasteiger partial charge in [0.15, 0.2) is 11.5 Å². The number of fused-ring (bicyclic) bond motifs is 1. The first kappa shape index (κ1) is 27.0. The van der Waals surface area contributed by atoms with E-state index in [1.165, 1.54) is 4.57 Å². The number of aryl methyl sites for hydroxylation is 2. The molecule has 1 amide bonds. The average Bonchev–Trinajstić information content (AvgIpc) is 3.35. The van der Waals surface area contributed by atoms with Gasteiger partial charge in [-0.3, -0.25) is 14.4 Å². The zero-order valence-corrected chi connectivity index (χ0v) is 22.0. The molecule has 8 nitrogen and oxygen atoms in total. The van der Waals surface area contributed by atoms with Crippen molar-refractivity contribution in [3.05, 3.63) is 92.9 Å². The Hall–Kier alpha value is -4.07. The first-order valence-corrected chi connectivity index (χ1v) is 12.9. The standard InChI is InChI=1S/C30H34N2O6/c1-4-5-6-25(32-17-20(3)13-23(30(32)36)14-21-9-7-19(2)8-10-21)29(35)31-24(16-28(33)34)22-11-12-26-27(15-22)38-18-37-26/h7-13,15,17,24-25H,4-6,14,16,18H2,1-3H3,(H,31,35)(H,33,34). The van der Waals surface area contributed by atoms with Crippen molar-refractivity contribution in [3.63, 3.8) is 0 Å². The SMILES string of the molecule is CCCCC(C(=O)NC(CC(=O)O)c1ccc2c(c1)OCO2)n1cc(C)cc(Cc2ccc(C)cc2)c1=O. The zero-order valence-electron chi connectivity index (χ0n) is 22.0. The fourth-order valence-corrected chi connectivity index (χ4v) is 4.72. The third kappa shape index (κ3) is 6.43. The molecule has 8 heteroatoms. The van der Waals surface area contributed by atoms with Crippen molar-refractivity contribution >= 4 is 11.9 Å². The predicted octanol–water partition coefficient (Wildman–Crippen LogP) is 4.85. The number of pyridine rings is 1. The summed E-state index contributed by atoms with van der Waals surface area (Å²) < 4.78 is 12.3. The molecule has 2 N–H and O–H groups in total. The molecular formula is C30H34N2O6. The van der Waals surface area contributed by atoms with Crippen LogP contribution in [-0.2, 0) is 16.0 Å². The highest BCUT2D eigenvalue weighted by Gasteiger charge is 2.27. The van der Waals surface area contributed by atoms with E-state index in [9.17, 15) is 19.5 Å². The Bertz CT molecular complexity index is 1360. The van der Waals surface area contributed by atoms with Gasteiger partial charge in [-0.15, -0.1) is 0 Å². The molecule has 0 bridgehead atoms. The largest absolute Gasteiger partial charge is 0.481 e. The Labute approximate surface area is 222 Å². The number of aromatic nitrogens is 1. The van der Waals surface area contributed by atoms with Crippen LogP contribution in [0.3, 0.4) is 0 Å². The molecule has 200 valence electrons. The quantitative estimate of drug-likeness (QED) is 0.376. The smallest absolute Gasteiger partial charge is 0.305 e. The lowest BCUT2D eigenvalue weighted by Gasteiger charge is -2.25. The van der Waals surface area contributed by atoms with Crippen molar-refractivity contribution in [2.45, 2.75) is 65.0 Å². The summed E-state index contributed by atoms with van der Waals surface area (Å²) in [6.45, 7) is 6.04. The molecule has 0 aliphatic carbocycles. The van der Waals surface area contributed by atoms with Crippen molar-refractivity contribution in [1.29, 1.82) is 0 Å². The Morgan fingerprint density at radius 3 is 2.47 bits per heavy atom. The minimum absolute atomic E-state index is 0.0923. The number of rotatable bonds is 11. The second-order valence-corrected chi connectivity index (χ2v) is 9.85. The number of nitrogens with zero attached hydrogens (tertiary/aromatic N) is 1. The second kappa shape index (κ2) is 12.0. The monoisotopic (exact) mass is 518 g/mol. The van der Waals surface area contributed by atoms with Gasteiger partial charge in [-0.1, -0.05) is 55.7 Å². The fourth-order valence-electron chi connectivity index (χ4n) is 4.72. The van der Waals surface area contributed by atoms with Crippen molar-refractivity contribution in [3.8, 4) is 11.5 Å². The van der Waals surface area contributed by atoms with Gasteiger partial charge in [0.05, 0.1) is 12.5 Å². The van der Waals surface area contributed by atoms with E-state index in [2.05, 4.69) is 5.32 Å². The number of carboxylic acids is 1. The highest BCUT2D eigenvalue weighted by molar-refractivity contribution is 5.81. The normalized spacial score (nSPS) is 13.7. The molecule has 0 fully saturated rings. The van der Waals surface area contributed by atoms with Gasteiger partial charge in [-0.05, 0) is 55.2 Å². The third-order valence-electron chi connectivity index (χ3n) is 6.73. The summed E-state index contributed by atoms with van der Waals surface area (Å²) in [5, 5.41) is 12.5. The number of hydrogen-bond acceptors (Lipinski definition) is 5. The van der Waals surface area contributed by atoms with Crippen molar-refractivity contribution in [1.82, 2.24) is 9.88 Å². The van der Waals surface area contributed by atoms with Gasteiger partial charge in [-0.2, -0.15) is 0 Å². The van der Waals surface area contributed by atoms with Gasteiger partial charge < -0.3 is 24.5 Å². The van der Waals surface area contributed by atoms with Gasteiger partial charge in [-0.25, -0.2) is 0 Å². The molecule has 0 saturated heterocycles. The van der Waals surface area contributed by atoms with E-state index in [0.717, 1.165) is 29.5 Å². The topological polar surface area (TPSA) is 107 Å². The fraction of sp³-hybridized carbons (Fsp3) is 0.367. The number of unbranched alkanes of at least 4 members (excludes halogenated alkanes) is 1. The van der Waals surface area contributed by atoms with E-state index in [0.29, 0.717) is 35.5 Å². The highest BCUT2D eigenvalue weighted by Crippen LogP contribution is 2.35. The van der Waals surface area contributed by atoms with E-state index in [1.54, 1.807) is 24.4 Å². The van der Waals surface area contributed by atoms with Gasteiger partial charge >= 0.3 is 5.97 Å². The molecule has 0 radical (unpaired) electrons. The maximum Gasteiger partial charge on any atom is 0.305 e. The van der Waals surface area contributed by atoms with E-state index in [4.69, 9.17) is 9.47 Å². The third-order valence-corrected chi connectivity index (χ3v) is 6.73. The molecule has 3 aromatic rings. The minimum Gasteiger partial charge on any atom is -0.481 e. The number of amides is 1. The maximum absolute atomic E-state index is 13.7. The number of hydrogen-bond donors (Lipinski definition) is 2. The molecule has 1 aromatic heterocycles. The second-order valence-electron chi connectivity index (χ2n) is 9.85. The molecule has 38 heavy (non-hydrogen) atoms. The van der Waals surface area contributed by atoms with Crippen LogP contribution in [0.4, 0.5) is 0 Å². The van der Waals surface area contributed by atoms with E-state index >= 15 is 0 Å². The molecular weight excluding hydrogens is 484 g/mol. The number of carboxylic acid groups (broad SMARTS) is 1. The molecule has 4 rings (SSSR count). The summed E-state index contributed by atoms with van der Waals surface area (Å²) in [5.74, 6) is -0.366. The molecule has 2 unspecified atom stereocenters.